The van der Waals surface area contributed by atoms with Crippen LogP contribution in [0.3, 0.4) is 0 Å². The number of para-hydroxylation sites is 3. The molecule has 0 saturated heterocycles. The molecule has 12 rings (SSSR count). The van der Waals surface area contributed by atoms with Gasteiger partial charge in [0.1, 0.15) is 23.5 Å². The van der Waals surface area contributed by atoms with Crippen molar-refractivity contribution in [3.8, 4) is 5.75 Å². The van der Waals surface area contributed by atoms with Crippen LogP contribution in [0, 0.1) is 5.92 Å². The quantitative estimate of drug-likeness (QED) is 0.0690. The van der Waals surface area contributed by atoms with Crippen LogP contribution in [-0.4, -0.2) is 6.61 Å². The molecule has 1 aromatic heterocycles. The molecule has 2 aliphatic heterocycles. The number of rotatable bonds is 7. The van der Waals surface area contributed by atoms with Crippen LogP contribution in [-0.2, 0) is 6.42 Å². The van der Waals surface area contributed by atoms with Gasteiger partial charge in [-0.25, -0.2) is 0 Å². The lowest BCUT2D eigenvalue weighted by atomic mass is 9.91. The van der Waals surface area contributed by atoms with Crippen molar-refractivity contribution in [2.45, 2.75) is 46.5 Å². The van der Waals surface area contributed by atoms with E-state index in [9.17, 15) is 0 Å². The van der Waals surface area contributed by atoms with Gasteiger partial charge >= 0.3 is 0 Å². The smallest absolute Gasteiger partial charge is 0.143 e. The van der Waals surface area contributed by atoms with Gasteiger partial charge in [0, 0.05) is 44.8 Å². The Balaban J connectivity index is 0.000000471. The maximum absolute atomic E-state index is 6.59. The van der Waals surface area contributed by atoms with Crippen molar-refractivity contribution in [3.63, 3.8) is 0 Å². The molecule has 0 saturated carbocycles. The number of benzene rings is 7. The lowest BCUT2D eigenvalue weighted by molar-refractivity contribution is 0.359. The Morgan fingerprint density at radius 2 is 1.38 bits per heavy atom. The van der Waals surface area contributed by atoms with Crippen LogP contribution in [0.25, 0.3) is 65.4 Å². The third-order valence-corrected chi connectivity index (χ3v) is 13.6. The Kier molecular flexibility index (Phi) is 12.1. The summed E-state index contributed by atoms with van der Waals surface area (Å²) in [5, 5.41) is 9.75. The Morgan fingerprint density at radius 1 is 0.681 bits per heavy atom. The Labute approximate surface area is 405 Å². The summed E-state index contributed by atoms with van der Waals surface area (Å²) in [6.45, 7) is 6.94. The molecule has 69 heavy (non-hydrogen) atoms. The molecule has 1 atom stereocenters. The molecule has 1 unspecified atom stereocenters. The summed E-state index contributed by atoms with van der Waals surface area (Å²) in [7, 11) is 0. The fraction of sp³-hybridized carbons (Fsp3) is 0.136. The molecule has 0 radical (unpaired) electrons. The number of allylic oxidation sites excluding steroid dienone is 16. The Hall–Kier alpha value is -8.10. The second-order valence-corrected chi connectivity index (χ2v) is 18.2. The molecule has 0 N–H and O–H groups in total. The average molecular weight is 894 g/mol. The molecule has 3 nitrogen and oxygen atoms in total. The molecule has 336 valence electrons. The Morgan fingerprint density at radius 3 is 2.17 bits per heavy atom. The number of furan rings is 1. The molecule has 4 bridgehead atoms. The van der Waals surface area contributed by atoms with Gasteiger partial charge in [0.25, 0.3) is 0 Å². The van der Waals surface area contributed by atoms with Gasteiger partial charge in [-0.15, -0.1) is 0 Å². The van der Waals surface area contributed by atoms with Crippen molar-refractivity contribution in [1.82, 2.24) is 0 Å². The predicted molar refractivity (Wildman–Crippen MR) is 294 cm³/mol. The van der Waals surface area contributed by atoms with E-state index in [1.54, 1.807) is 0 Å². The number of unbranched alkanes of at least 4 members (excludes halogenated alkanes) is 2. The van der Waals surface area contributed by atoms with Crippen LogP contribution in [0.1, 0.15) is 56.7 Å². The van der Waals surface area contributed by atoms with Crippen molar-refractivity contribution in [2.75, 3.05) is 11.5 Å². The topological polar surface area (TPSA) is 25.6 Å². The van der Waals surface area contributed by atoms with Crippen molar-refractivity contribution < 1.29 is 9.15 Å². The number of fused-ring (bicyclic) bond motifs is 12. The normalized spacial score (nSPS) is 17.6. The van der Waals surface area contributed by atoms with E-state index in [-0.39, 0.29) is 5.92 Å². The van der Waals surface area contributed by atoms with Gasteiger partial charge < -0.3 is 14.1 Å². The summed E-state index contributed by atoms with van der Waals surface area (Å²) in [4.78, 5) is 2.37. The number of hydrogen-bond donors (Lipinski definition) is 0. The second-order valence-electron chi connectivity index (χ2n) is 18.2. The predicted octanol–water partition coefficient (Wildman–Crippen LogP) is 17.8. The van der Waals surface area contributed by atoms with Crippen LogP contribution in [0.4, 0.5) is 5.69 Å². The molecule has 8 aromatic rings. The van der Waals surface area contributed by atoms with Crippen molar-refractivity contribution in [1.29, 1.82) is 0 Å². The van der Waals surface area contributed by atoms with Gasteiger partial charge in [0.2, 0.25) is 0 Å². The summed E-state index contributed by atoms with van der Waals surface area (Å²) in [5.74, 6) is 0.849. The van der Waals surface area contributed by atoms with Crippen molar-refractivity contribution >= 4 is 71.1 Å². The first-order valence-corrected chi connectivity index (χ1v) is 24.5. The van der Waals surface area contributed by atoms with Crippen LogP contribution >= 0.6 is 0 Å². The molecule has 4 aliphatic rings. The van der Waals surface area contributed by atoms with E-state index in [0.29, 0.717) is 6.61 Å². The number of hydrogen-bond acceptors (Lipinski definition) is 3. The largest absolute Gasteiger partial charge is 0.489 e. The van der Waals surface area contributed by atoms with Gasteiger partial charge in [-0.05, 0) is 124 Å². The summed E-state index contributed by atoms with van der Waals surface area (Å²) >= 11 is 0. The van der Waals surface area contributed by atoms with E-state index in [4.69, 9.17) is 9.15 Å². The van der Waals surface area contributed by atoms with Crippen molar-refractivity contribution in [3.05, 3.63) is 257 Å². The van der Waals surface area contributed by atoms with Crippen LogP contribution < -0.4 is 9.64 Å². The summed E-state index contributed by atoms with van der Waals surface area (Å²) in [6, 6.07) is 45.8. The van der Waals surface area contributed by atoms with Crippen LogP contribution in [0.15, 0.2) is 245 Å². The number of nitrogens with zero attached hydrogens (tertiary/aromatic N) is 1. The maximum atomic E-state index is 6.59. The average Bonchev–Trinajstić information content (AvgIpc) is 3.44. The molecular formula is C66H55NO2. The number of anilines is 1. The van der Waals surface area contributed by atoms with Gasteiger partial charge in [-0.2, -0.15) is 0 Å². The first-order chi connectivity index (χ1) is 34.1. The standard InChI is InChI=1S/C56H37NO2.C10H18/c1-2-10-30-58-55-36(13-3-1)14-11-20-44(55)37-24-26-41-33-39(31-37)40-32-38(45-21-12-22-52-51-19-8-9-23-54(51)59-56(45)52)25-27-42(34-40)57(41)43-28-29-50-48-17-5-4-15-46(48)47-16-6-7-18-49(47)53(50)35-43;1-4-6-7-9-10(3)8-5-2/h1-12,14-29,31-33,35,39H,13,30H2;5,8-9H,4,6-7H2,1-3H3/b3-1-,10-2-;8-5+,10-9+. The highest BCUT2D eigenvalue weighted by atomic mass is 16.5. The third kappa shape index (κ3) is 8.48. The first-order valence-electron chi connectivity index (χ1n) is 24.5. The molecule has 0 amide bonds. The van der Waals surface area contributed by atoms with Gasteiger partial charge in [-0.3, -0.25) is 0 Å². The molecule has 7 aromatic carbocycles. The minimum Gasteiger partial charge on any atom is -0.489 e. The van der Waals surface area contributed by atoms with E-state index >= 15 is 0 Å². The lowest BCUT2D eigenvalue weighted by Crippen LogP contribution is -2.19. The zero-order valence-corrected chi connectivity index (χ0v) is 39.6. The molecule has 0 spiro atoms. The molecule has 0 fully saturated rings. The monoisotopic (exact) mass is 893 g/mol. The summed E-state index contributed by atoms with van der Waals surface area (Å²) in [5.41, 5.74) is 16.9. The highest BCUT2D eigenvalue weighted by Crippen LogP contribution is 2.44. The van der Waals surface area contributed by atoms with Crippen LogP contribution in [0.2, 0.25) is 0 Å². The van der Waals surface area contributed by atoms with E-state index in [0.717, 1.165) is 79.0 Å². The lowest BCUT2D eigenvalue weighted by Gasteiger charge is -2.26. The van der Waals surface area contributed by atoms with E-state index in [1.165, 1.54) is 62.7 Å². The van der Waals surface area contributed by atoms with Gasteiger partial charge in [0.05, 0.1) is 5.70 Å². The van der Waals surface area contributed by atoms with Gasteiger partial charge in [0.15, 0.2) is 0 Å². The van der Waals surface area contributed by atoms with Crippen molar-refractivity contribution in [2.24, 2.45) is 5.92 Å². The highest BCUT2D eigenvalue weighted by molar-refractivity contribution is 6.25. The van der Waals surface area contributed by atoms with E-state index in [2.05, 4.69) is 238 Å². The number of ether oxygens (including phenoxy) is 1. The summed E-state index contributed by atoms with van der Waals surface area (Å²) in [6.07, 6.45) is 35.7. The fourth-order valence-corrected chi connectivity index (χ4v) is 10.3. The first kappa shape index (κ1) is 43.5. The van der Waals surface area contributed by atoms with E-state index < -0.39 is 0 Å². The van der Waals surface area contributed by atoms with Gasteiger partial charge in [-0.1, -0.05) is 195 Å². The Bertz CT molecular complexity index is 3660. The summed E-state index contributed by atoms with van der Waals surface area (Å²) < 4.78 is 13.1. The van der Waals surface area contributed by atoms with Crippen LogP contribution in [0.5, 0.6) is 5.75 Å². The molecule has 3 heteroatoms. The minimum absolute atomic E-state index is 0.0861. The fourth-order valence-electron chi connectivity index (χ4n) is 10.3. The third-order valence-electron chi connectivity index (χ3n) is 13.6. The molecule has 2 aliphatic carbocycles. The minimum atomic E-state index is -0.0861. The SMILES string of the molecule is C/C=C/C(C)=C/CCCC.C1=C2C=C(c3cccc4c3oc3ccccc34)C=CC=1N(c1ccc3c4ccccc4c4ccccc4c3c1)C1=CC2C=C(c2cccc3c2OC/C=C\C=C/C3)C=C1. The molecule has 3 heterocycles. The zero-order chi connectivity index (χ0) is 46.7. The van der Waals surface area contributed by atoms with E-state index in [1.807, 2.05) is 6.07 Å². The molecular weight excluding hydrogens is 839 g/mol. The highest BCUT2D eigenvalue weighted by Gasteiger charge is 2.27. The maximum Gasteiger partial charge on any atom is 0.143 e. The second kappa shape index (κ2) is 19.2. The zero-order valence-electron chi connectivity index (χ0n) is 39.6.